The van der Waals surface area contributed by atoms with Crippen LogP contribution in [0.1, 0.15) is 42.1 Å². The molecule has 0 aliphatic rings. The minimum absolute atomic E-state index is 0.0398. The number of phenolic OH excluding ortho intramolecular Hbond substituents is 1. The molecule has 0 saturated carbocycles. The van der Waals surface area contributed by atoms with E-state index in [1.165, 1.54) is 0 Å². The molecule has 1 aromatic heterocycles. The number of carbonyl (C=O) groups excluding carboxylic acids is 1. The number of phenols is 1. The Morgan fingerprint density at radius 1 is 0.938 bits per heavy atom. The highest BCUT2D eigenvalue weighted by Gasteiger charge is 2.22. The van der Waals surface area contributed by atoms with Crippen LogP contribution in [0, 0.1) is 0 Å². The van der Waals surface area contributed by atoms with Gasteiger partial charge < -0.3 is 14.6 Å². The summed E-state index contributed by atoms with van der Waals surface area (Å²) in [4.78, 5) is 14.5. The largest absolute Gasteiger partial charge is 0.508 e. The Balaban J connectivity index is 1.71. The third-order valence-corrected chi connectivity index (χ3v) is 6.59. The lowest BCUT2D eigenvalue weighted by Crippen LogP contribution is -2.03. The van der Waals surface area contributed by atoms with E-state index in [1.54, 1.807) is 30.6 Å². The normalized spacial score (nSPS) is 10.9. The molecule has 5 heteroatoms. The van der Waals surface area contributed by atoms with Gasteiger partial charge in [-0.25, -0.2) is 0 Å². The van der Waals surface area contributed by atoms with Crippen molar-refractivity contribution in [2.45, 2.75) is 26.2 Å². The lowest BCUT2D eigenvalue weighted by Gasteiger charge is -2.08. The third kappa shape index (κ3) is 4.63. The second-order valence-electron chi connectivity index (χ2n) is 7.62. The van der Waals surface area contributed by atoms with Crippen LogP contribution in [-0.4, -0.2) is 24.6 Å². The number of hydrogen-bond donors (Lipinski definition) is 1. The number of thiophene rings is 1. The second kappa shape index (κ2) is 9.88. The van der Waals surface area contributed by atoms with E-state index in [0.29, 0.717) is 17.7 Å². The van der Waals surface area contributed by atoms with Crippen molar-refractivity contribution in [2.75, 3.05) is 13.7 Å². The van der Waals surface area contributed by atoms with Crippen LogP contribution in [0.25, 0.3) is 20.5 Å². The number of aromatic hydroxyl groups is 1. The first-order valence-electron chi connectivity index (χ1n) is 10.8. The standard InChI is InChI=1S/C27H26O4S/c1-3-4-5-16-31-21-12-8-18(9-13-21)26(29)25-23-15-14-22(30-2)17-24(23)32-27(25)19-6-10-20(28)11-7-19/h6-15,17,28H,3-5,16H2,1-2H3. The molecule has 0 spiro atoms. The van der Waals surface area contributed by atoms with Crippen molar-refractivity contribution < 1.29 is 19.4 Å². The Hall–Kier alpha value is -3.31. The van der Waals surface area contributed by atoms with Crippen LogP contribution in [-0.2, 0) is 0 Å². The number of ether oxygens (including phenoxy) is 2. The van der Waals surface area contributed by atoms with Gasteiger partial charge in [0.2, 0.25) is 0 Å². The zero-order valence-electron chi connectivity index (χ0n) is 18.3. The van der Waals surface area contributed by atoms with Crippen LogP contribution in [0.5, 0.6) is 17.2 Å². The second-order valence-corrected chi connectivity index (χ2v) is 8.68. The number of fused-ring (bicyclic) bond motifs is 1. The summed E-state index contributed by atoms with van der Waals surface area (Å²) in [6, 6.07) is 20.1. The number of ketones is 1. The molecular weight excluding hydrogens is 420 g/mol. The maximum Gasteiger partial charge on any atom is 0.195 e. The molecule has 3 aromatic carbocycles. The van der Waals surface area contributed by atoms with E-state index in [9.17, 15) is 9.90 Å². The van der Waals surface area contributed by atoms with Crippen molar-refractivity contribution >= 4 is 27.2 Å². The molecule has 4 aromatic rings. The minimum atomic E-state index is -0.0398. The maximum absolute atomic E-state index is 13.6. The molecule has 1 N–H and O–H groups in total. The van der Waals surface area contributed by atoms with Gasteiger partial charge in [0, 0.05) is 26.1 Å². The third-order valence-electron chi connectivity index (χ3n) is 5.39. The van der Waals surface area contributed by atoms with E-state index in [1.807, 2.05) is 54.6 Å². The summed E-state index contributed by atoms with van der Waals surface area (Å²) < 4.78 is 12.1. The Morgan fingerprint density at radius 2 is 1.66 bits per heavy atom. The molecule has 0 aliphatic heterocycles. The smallest absolute Gasteiger partial charge is 0.195 e. The van der Waals surface area contributed by atoms with Crippen molar-refractivity contribution in [3.05, 3.63) is 77.9 Å². The molecule has 1 heterocycles. The highest BCUT2D eigenvalue weighted by Crippen LogP contribution is 2.41. The lowest BCUT2D eigenvalue weighted by molar-refractivity contribution is 0.104. The molecule has 0 amide bonds. The fourth-order valence-corrected chi connectivity index (χ4v) is 4.87. The Kier molecular flexibility index (Phi) is 6.76. The van der Waals surface area contributed by atoms with Gasteiger partial charge in [-0.1, -0.05) is 19.8 Å². The highest BCUT2D eigenvalue weighted by molar-refractivity contribution is 7.22. The van der Waals surface area contributed by atoms with Gasteiger partial charge in [-0.3, -0.25) is 4.79 Å². The molecule has 0 atom stereocenters. The first-order chi connectivity index (χ1) is 15.6. The van der Waals surface area contributed by atoms with Gasteiger partial charge in [-0.05, 0) is 78.7 Å². The van der Waals surface area contributed by atoms with Crippen LogP contribution in [0.4, 0.5) is 0 Å². The summed E-state index contributed by atoms with van der Waals surface area (Å²) >= 11 is 1.55. The Bertz CT molecular complexity index is 1210. The van der Waals surface area contributed by atoms with Crippen molar-refractivity contribution in [2.24, 2.45) is 0 Å². The summed E-state index contributed by atoms with van der Waals surface area (Å²) in [5, 5.41) is 10.6. The van der Waals surface area contributed by atoms with Gasteiger partial charge in [0.05, 0.1) is 13.7 Å². The van der Waals surface area contributed by atoms with E-state index in [0.717, 1.165) is 51.3 Å². The van der Waals surface area contributed by atoms with Gasteiger partial charge in [-0.15, -0.1) is 11.3 Å². The zero-order valence-corrected chi connectivity index (χ0v) is 19.1. The van der Waals surface area contributed by atoms with E-state index in [2.05, 4.69) is 6.92 Å². The lowest BCUT2D eigenvalue weighted by atomic mass is 9.97. The number of methoxy groups -OCH3 is 1. The van der Waals surface area contributed by atoms with Crippen LogP contribution in [0.3, 0.4) is 0 Å². The SMILES string of the molecule is CCCCCOc1ccc(C(=O)c2c(-c3ccc(O)cc3)sc3cc(OC)ccc23)cc1. The predicted molar refractivity (Wildman–Crippen MR) is 130 cm³/mol. The number of hydrogen-bond acceptors (Lipinski definition) is 5. The van der Waals surface area contributed by atoms with E-state index >= 15 is 0 Å². The van der Waals surface area contributed by atoms with Gasteiger partial charge in [0.1, 0.15) is 17.2 Å². The molecule has 0 radical (unpaired) electrons. The van der Waals surface area contributed by atoms with Crippen LogP contribution in [0.15, 0.2) is 66.7 Å². The molecule has 4 rings (SSSR count). The minimum Gasteiger partial charge on any atom is -0.508 e. The average molecular weight is 447 g/mol. The molecule has 0 bridgehead atoms. The molecule has 4 nitrogen and oxygen atoms in total. The highest BCUT2D eigenvalue weighted by atomic mass is 32.1. The van der Waals surface area contributed by atoms with Crippen molar-refractivity contribution in [1.82, 2.24) is 0 Å². The first-order valence-corrected chi connectivity index (χ1v) is 11.6. The summed E-state index contributed by atoms with van der Waals surface area (Å²) in [7, 11) is 1.63. The van der Waals surface area contributed by atoms with Crippen LogP contribution >= 0.6 is 11.3 Å². The van der Waals surface area contributed by atoms with Crippen LogP contribution < -0.4 is 9.47 Å². The molecule has 0 fully saturated rings. The van der Waals surface area contributed by atoms with Crippen LogP contribution in [0.2, 0.25) is 0 Å². The fraction of sp³-hybridized carbons (Fsp3) is 0.222. The van der Waals surface area contributed by atoms with E-state index in [-0.39, 0.29) is 11.5 Å². The summed E-state index contributed by atoms with van der Waals surface area (Å²) in [5.74, 6) is 1.68. The molecular formula is C27H26O4S. The first kappa shape index (κ1) is 21.9. The van der Waals surface area contributed by atoms with Crippen molar-refractivity contribution in [1.29, 1.82) is 0 Å². The number of carbonyl (C=O) groups is 1. The maximum atomic E-state index is 13.6. The zero-order chi connectivity index (χ0) is 22.5. The molecule has 0 aliphatic carbocycles. The fourth-order valence-electron chi connectivity index (χ4n) is 3.63. The van der Waals surface area contributed by atoms with Crippen molar-refractivity contribution in [3.63, 3.8) is 0 Å². The van der Waals surface area contributed by atoms with Gasteiger partial charge in [0.15, 0.2) is 5.78 Å². The summed E-state index contributed by atoms with van der Waals surface area (Å²) in [6.45, 7) is 2.85. The number of rotatable bonds is 9. The number of unbranched alkanes of at least 4 members (excludes halogenated alkanes) is 2. The Morgan fingerprint density at radius 3 is 2.34 bits per heavy atom. The molecule has 0 unspecified atom stereocenters. The monoisotopic (exact) mass is 446 g/mol. The van der Waals surface area contributed by atoms with Gasteiger partial charge >= 0.3 is 0 Å². The average Bonchev–Trinajstić information content (AvgIpc) is 3.21. The predicted octanol–water partition coefficient (Wildman–Crippen LogP) is 7.08. The van der Waals surface area contributed by atoms with Gasteiger partial charge in [0.25, 0.3) is 0 Å². The Labute approximate surface area is 192 Å². The van der Waals surface area contributed by atoms with E-state index < -0.39 is 0 Å². The molecule has 0 saturated heterocycles. The van der Waals surface area contributed by atoms with E-state index in [4.69, 9.17) is 9.47 Å². The quantitative estimate of drug-likeness (QED) is 0.220. The summed E-state index contributed by atoms with van der Waals surface area (Å²) in [6.07, 6.45) is 3.32. The number of benzene rings is 3. The van der Waals surface area contributed by atoms with Crippen molar-refractivity contribution in [3.8, 4) is 27.7 Å². The molecule has 164 valence electrons. The summed E-state index contributed by atoms with van der Waals surface area (Å²) in [5.41, 5.74) is 2.17. The van der Waals surface area contributed by atoms with Gasteiger partial charge in [-0.2, -0.15) is 0 Å². The topological polar surface area (TPSA) is 55.8 Å². The molecule has 32 heavy (non-hydrogen) atoms.